The average Bonchev–Trinajstić information content (AvgIpc) is 3.80. The van der Waals surface area contributed by atoms with Gasteiger partial charge in [-0.3, -0.25) is 10.1 Å². The van der Waals surface area contributed by atoms with Crippen molar-refractivity contribution in [1.82, 2.24) is 39.9 Å². The van der Waals surface area contributed by atoms with E-state index in [2.05, 4.69) is 52.9 Å². The van der Waals surface area contributed by atoms with Crippen molar-refractivity contribution < 1.29 is 4.39 Å². The number of pyridine rings is 2. The number of hydrogen-bond donors (Lipinski definition) is 3. The fourth-order valence-electron chi connectivity index (χ4n) is 6.02. The number of likely N-dealkylation sites (N-methyl/N-ethyl adjacent to an activating group) is 1. The first-order valence-electron chi connectivity index (χ1n) is 16.0. The van der Waals surface area contributed by atoms with Gasteiger partial charge in [-0.25, -0.2) is 14.4 Å². The van der Waals surface area contributed by atoms with E-state index in [1.807, 2.05) is 57.7 Å². The molecular formula is C36H42FN9. The molecule has 0 radical (unpaired) electrons. The van der Waals surface area contributed by atoms with Crippen LogP contribution in [-0.2, 0) is 6.42 Å². The first-order valence-corrected chi connectivity index (χ1v) is 16.0. The second-order valence-electron chi connectivity index (χ2n) is 12.2. The lowest BCUT2D eigenvalue weighted by Gasteiger charge is -2.14. The molecule has 9 nitrogen and oxygen atoms in total. The number of halogens is 1. The molecule has 0 unspecified atom stereocenters. The van der Waals surface area contributed by atoms with Crippen molar-refractivity contribution in [3.8, 4) is 22.6 Å². The van der Waals surface area contributed by atoms with Gasteiger partial charge in [0.25, 0.3) is 0 Å². The molecule has 1 aliphatic rings. The number of nitrogens with one attached hydrogen (secondary N) is 3. The summed E-state index contributed by atoms with van der Waals surface area (Å²) in [7, 11) is 4.02. The molecule has 6 rings (SSSR count). The van der Waals surface area contributed by atoms with Gasteiger partial charge in [-0.1, -0.05) is 12.7 Å². The predicted molar refractivity (Wildman–Crippen MR) is 185 cm³/mol. The van der Waals surface area contributed by atoms with Crippen LogP contribution in [0.5, 0.6) is 0 Å². The first kappa shape index (κ1) is 31.3. The van der Waals surface area contributed by atoms with Crippen LogP contribution in [0, 0.1) is 5.82 Å². The molecule has 4 aromatic heterocycles. The lowest BCUT2D eigenvalue weighted by Crippen LogP contribution is -2.23. The number of anilines is 1. The Balaban J connectivity index is 1.29. The van der Waals surface area contributed by atoms with Crippen LogP contribution in [0.15, 0.2) is 55.5 Å². The molecule has 5 heterocycles. The summed E-state index contributed by atoms with van der Waals surface area (Å²) in [5.41, 5.74) is 7.17. The summed E-state index contributed by atoms with van der Waals surface area (Å²) in [5.74, 6) is 0.249. The van der Waals surface area contributed by atoms with E-state index in [-0.39, 0.29) is 5.82 Å². The van der Waals surface area contributed by atoms with E-state index in [9.17, 15) is 4.39 Å². The second kappa shape index (κ2) is 14.2. The highest BCUT2D eigenvalue weighted by molar-refractivity contribution is 5.92. The number of allylic oxidation sites excluding steroid dienone is 1. The lowest BCUT2D eigenvalue weighted by atomic mass is 10.0. The van der Waals surface area contributed by atoms with E-state index in [0.29, 0.717) is 29.2 Å². The number of hydrogen-bond acceptors (Lipinski definition) is 7. The molecule has 0 amide bonds. The Morgan fingerprint density at radius 2 is 2.00 bits per heavy atom. The van der Waals surface area contributed by atoms with Crippen LogP contribution in [-0.4, -0.2) is 86.8 Å². The minimum absolute atomic E-state index is 0.314. The van der Waals surface area contributed by atoms with Crippen LogP contribution in [0.4, 0.5) is 10.1 Å². The number of aryl methyl sites for hydroxylation is 1. The number of nitrogens with zero attached hydrogens (tertiary/aromatic N) is 6. The Morgan fingerprint density at radius 3 is 2.80 bits per heavy atom. The predicted octanol–water partition coefficient (Wildman–Crippen LogP) is 4.85. The molecule has 46 heavy (non-hydrogen) atoms. The van der Waals surface area contributed by atoms with Gasteiger partial charge in [0.15, 0.2) is 11.5 Å². The third-order valence-electron chi connectivity index (χ3n) is 8.46. The number of rotatable bonds is 12. The summed E-state index contributed by atoms with van der Waals surface area (Å²) in [6.07, 6.45) is 14.3. The molecule has 10 heteroatoms. The largest absolute Gasteiger partial charge is 0.384 e. The van der Waals surface area contributed by atoms with E-state index < -0.39 is 0 Å². The van der Waals surface area contributed by atoms with Crippen LogP contribution in [0.3, 0.4) is 0 Å². The van der Waals surface area contributed by atoms with Crippen LogP contribution in [0.25, 0.3) is 51.5 Å². The Hall–Kier alpha value is -4.67. The Bertz CT molecular complexity index is 1950. The molecule has 0 bridgehead atoms. The Kier molecular flexibility index (Phi) is 9.65. The quantitative estimate of drug-likeness (QED) is 0.184. The van der Waals surface area contributed by atoms with Gasteiger partial charge in [0.05, 0.1) is 10.9 Å². The zero-order valence-electron chi connectivity index (χ0n) is 26.9. The number of H-pyrrole nitrogens is 2. The summed E-state index contributed by atoms with van der Waals surface area (Å²) in [6.45, 7) is 11.5. The van der Waals surface area contributed by atoms with Crippen LogP contribution >= 0.6 is 0 Å². The number of likely N-dealkylation sites (tertiary alicyclic amines) is 1. The Morgan fingerprint density at radius 1 is 1.15 bits per heavy atom. The summed E-state index contributed by atoms with van der Waals surface area (Å²) >= 11 is 0. The molecule has 0 saturated carbocycles. The fourth-order valence-corrected chi connectivity index (χ4v) is 6.02. The number of imidazole rings is 1. The molecule has 3 N–H and O–H groups in total. The SMILES string of the molecule is C=C(/C=c1/c(-c2nc3nccc(-c4cc(F)cc(NCCN(C)C)c4)c3[nH]2)n[nH]/c1=C/C)c1cncc(CCCN2CCCC2)c1. The maximum absolute atomic E-state index is 14.7. The molecule has 0 atom stereocenters. The van der Waals surface area contributed by atoms with Gasteiger partial charge in [0.2, 0.25) is 0 Å². The minimum Gasteiger partial charge on any atom is -0.384 e. The van der Waals surface area contributed by atoms with Gasteiger partial charge in [-0.15, -0.1) is 0 Å². The molecule has 1 fully saturated rings. The van der Waals surface area contributed by atoms with E-state index in [4.69, 9.17) is 4.98 Å². The highest BCUT2D eigenvalue weighted by Crippen LogP contribution is 2.30. The fraction of sp³-hybridized carbons (Fsp3) is 0.333. The molecule has 5 aromatic rings. The number of aromatic nitrogens is 6. The van der Waals surface area contributed by atoms with Crippen molar-refractivity contribution >= 4 is 34.6 Å². The summed E-state index contributed by atoms with van der Waals surface area (Å²) in [6, 6.07) is 9.05. The zero-order valence-corrected chi connectivity index (χ0v) is 26.9. The number of aromatic amines is 2. The van der Waals surface area contributed by atoms with Crippen molar-refractivity contribution in [1.29, 1.82) is 0 Å². The summed E-state index contributed by atoms with van der Waals surface area (Å²) in [4.78, 5) is 21.9. The van der Waals surface area contributed by atoms with E-state index >= 15 is 0 Å². The van der Waals surface area contributed by atoms with Crippen LogP contribution < -0.4 is 15.9 Å². The van der Waals surface area contributed by atoms with Gasteiger partial charge in [-0.05, 0) is 125 Å². The third-order valence-corrected chi connectivity index (χ3v) is 8.46. The molecule has 1 aromatic carbocycles. The van der Waals surface area contributed by atoms with Gasteiger partial charge in [-0.2, -0.15) is 5.10 Å². The highest BCUT2D eigenvalue weighted by atomic mass is 19.1. The van der Waals surface area contributed by atoms with Crippen LogP contribution in [0.2, 0.25) is 0 Å². The van der Waals surface area contributed by atoms with Crippen molar-refractivity contribution in [3.63, 3.8) is 0 Å². The van der Waals surface area contributed by atoms with Gasteiger partial charge >= 0.3 is 0 Å². The standard InChI is InChI=1S/C36H42FN9/c1-5-32-31(17-24(2)27-18-25(22-38-23-27)9-8-15-46-13-6-7-14-46)34(44-43-32)36-41-33-30(10-11-40-35(33)42-36)26-19-28(37)21-29(20-26)39-12-16-45(3)4/h5,10-11,17-23,39,43H,2,6-9,12-16H2,1,3-4H3,(H,40,41,42)/b31-17+,32-5+. The zero-order chi connectivity index (χ0) is 32.0. The lowest BCUT2D eigenvalue weighted by molar-refractivity contribution is 0.334. The molecule has 1 saturated heterocycles. The summed E-state index contributed by atoms with van der Waals surface area (Å²) in [5, 5.41) is 12.8. The topological polar surface area (TPSA) is 102 Å². The first-order chi connectivity index (χ1) is 22.4. The maximum Gasteiger partial charge on any atom is 0.178 e. The van der Waals surface area contributed by atoms with Crippen molar-refractivity contribution in [2.75, 3.05) is 52.1 Å². The number of benzene rings is 1. The molecule has 238 valence electrons. The van der Waals surface area contributed by atoms with Crippen LogP contribution in [0.1, 0.15) is 37.3 Å². The average molecular weight is 620 g/mol. The monoisotopic (exact) mass is 619 g/mol. The molecule has 0 spiro atoms. The van der Waals surface area contributed by atoms with Crippen molar-refractivity contribution in [2.24, 2.45) is 0 Å². The van der Waals surface area contributed by atoms with Crippen molar-refractivity contribution in [3.05, 3.63) is 83.0 Å². The van der Waals surface area contributed by atoms with E-state index in [0.717, 1.165) is 64.4 Å². The summed E-state index contributed by atoms with van der Waals surface area (Å²) < 4.78 is 14.7. The van der Waals surface area contributed by atoms with Gasteiger partial charge in [0, 0.05) is 48.1 Å². The third kappa shape index (κ3) is 7.24. The minimum atomic E-state index is -0.314. The van der Waals surface area contributed by atoms with Crippen molar-refractivity contribution in [2.45, 2.75) is 32.6 Å². The maximum atomic E-state index is 14.7. The smallest absolute Gasteiger partial charge is 0.178 e. The normalized spacial score (nSPS) is 14.6. The van der Waals surface area contributed by atoms with E-state index in [1.54, 1.807) is 6.20 Å². The second-order valence-corrected chi connectivity index (χ2v) is 12.2. The highest BCUT2D eigenvalue weighted by Gasteiger charge is 2.16. The molecular weight excluding hydrogens is 577 g/mol. The van der Waals surface area contributed by atoms with Gasteiger partial charge < -0.3 is 20.1 Å². The molecule has 1 aliphatic heterocycles. The molecule has 0 aliphatic carbocycles. The van der Waals surface area contributed by atoms with E-state index in [1.165, 1.54) is 43.6 Å². The number of fused-ring (bicyclic) bond motifs is 1. The Labute approximate surface area is 269 Å². The van der Waals surface area contributed by atoms with Gasteiger partial charge in [0.1, 0.15) is 11.5 Å².